The molecule has 1 aromatic rings. The number of methoxy groups -OCH3 is 1. The molecule has 2 aliphatic rings. The molecule has 0 aromatic heterocycles. The molecule has 3 rings (SSSR count). The van der Waals surface area contributed by atoms with Gasteiger partial charge >= 0.3 is 0 Å². The molecule has 0 spiro atoms. The highest BCUT2D eigenvalue weighted by atomic mass is 16.5. The van der Waals surface area contributed by atoms with Crippen LogP contribution in [0.4, 0.5) is 5.69 Å². The zero-order valence-corrected chi connectivity index (χ0v) is 13.7. The van der Waals surface area contributed by atoms with E-state index in [-0.39, 0.29) is 30.6 Å². The molecule has 2 amide bonds. The van der Waals surface area contributed by atoms with Gasteiger partial charge in [0.25, 0.3) is 5.91 Å². The topological polar surface area (TPSA) is 77.1 Å². The average Bonchev–Trinajstić information content (AvgIpc) is 3.15. The lowest BCUT2D eigenvalue weighted by Gasteiger charge is -2.33. The Kier molecular flexibility index (Phi) is 5.32. The molecule has 0 radical (unpaired) electrons. The van der Waals surface area contributed by atoms with Crippen LogP contribution in [0.5, 0.6) is 5.75 Å². The van der Waals surface area contributed by atoms with E-state index in [1.54, 1.807) is 12.0 Å². The zero-order chi connectivity index (χ0) is 16.9. The standard InChI is InChI=1S/C17H22N2O5/c1-22-13-5-2-4-12(8-13)19-10-14(24-11-16(19)20)9-18-17(21)15-6-3-7-23-15/h2,4-5,8,14-15H,3,6-7,9-11H2,1H3,(H,18,21). The molecule has 1 N–H and O–H groups in total. The number of hydrogen-bond donors (Lipinski definition) is 1. The summed E-state index contributed by atoms with van der Waals surface area (Å²) in [6, 6.07) is 7.33. The first-order valence-corrected chi connectivity index (χ1v) is 8.12. The number of carbonyl (C=O) groups is 2. The maximum absolute atomic E-state index is 12.1. The molecule has 1 aromatic carbocycles. The number of amides is 2. The maximum Gasteiger partial charge on any atom is 0.253 e. The fourth-order valence-corrected chi connectivity index (χ4v) is 2.89. The van der Waals surface area contributed by atoms with Gasteiger partial charge in [-0.05, 0) is 25.0 Å². The number of nitrogens with one attached hydrogen (secondary N) is 1. The van der Waals surface area contributed by atoms with E-state index >= 15 is 0 Å². The number of carbonyl (C=O) groups excluding carboxylic acids is 2. The number of rotatable bonds is 5. The van der Waals surface area contributed by atoms with Crippen LogP contribution in [0.2, 0.25) is 0 Å². The van der Waals surface area contributed by atoms with E-state index in [4.69, 9.17) is 14.2 Å². The Labute approximate surface area is 140 Å². The molecule has 0 bridgehead atoms. The van der Waals surface area contributed by atoms with Gasteiger partial charge in [0.1, 0.15) is 18.5 Å². The summed E-state index contributed by atoms with van der Waals surface area (Å²) in [5.41, 5.74) is 0.762. The Bertz CT molecular complexity index is 600. The van der Waals surface area contributed by atoms with Crippen LogP contribution in [0.1, 0.15) is 12.8 Å². The van der Waals surface area contributed by atoms with Crippen LogP contribution in [-0.2, 0) is 19.1 Å². The Morgan fingerprint density at radius 3 is 3.04 bits per heavy atom. The molecule has 0 saturated carbocycles. The van der Waals surface area contributed by atoms with Crippen molar-refractivity contribution in [3.8, 4) is 5.75 Å². The molecular formula is C17H22N2O5. The summed E-state index contributed by atoms with van der Waals surface area (Å²) >= 11 is 0. The fourth-order valence-electron chi connectivity index (χ4n) is 2.89. The van der Waals surface area contributed by atoms with Crippen LogP contribution in [0.25, 0.3) is 0 Å². The van der Waals surface area contributed by atoms with Crippen molar-refractivity contribution in [2.75, 3.05) is 38.3 Å². The van der Waals surface area contributed by atoms with Crippen molar-refractivity contribution >= 4 is 17.5 Å². The zero-order valence-electron chi connectivity index (χ0n) is 13.7. The number of morpholine rings is 1. The minimum atomic E-state index is -0.357. The average molecular weight is 334 g/mol. The molecule has 0 aliphatic carbocycles. The van der Waals surface area contributed by atoms with Crippen LogP contribution in [-0.4, -0.2) is 57.4 Å². The minimum absolute atomic E-state index is 0.00231. The lowest BCUT2D eigenvalue weighted by atomic mass is 10.2. The summed E-state index contributed by atoms with van der Waals surface area (Å²) in [7, 11) is 1.59. The van der Waals surface area contributed by atoms with Crippen molar-refractivity contribution in [3.05, 3.63) is 24.3 Å². The van der Waals surface area contributed by atoms with Crippen LogP contribution in [0, 0.1) is 0 Å². The maximum atomic E-state index is 12.1. The largest absolute Gasteiger partial charge is 0.497 e. The van der Waals surface area contributed by atoms with Gasteiger partial charge in [0.15, 0.2) is 0 Å². The molecule has 7 heteroatoms. The van der Waals surface area contributed by atoms with Crippen molar-refractivity contribution in [1.29, 1.82) is 0 Å². The highest BCUT2D eigenvalue weighted by molar-refractivity contribution is 5.95. The van der Waals surface area contributed by atoms with Crippen molar-refractivity contribution in [2.45, 2.75) is 25.0 Å². The third-order valence-corrected chi connectivity index (χ3v) is 4.22. The van der Waals surface area contributed by atoms with E-state index in [0.717, 1.165) is 18.5 Å². The Morgan fingerprint density at radius 2 is 2.29 bits per heavy atom. The van der Waals surface area contributed by atoms with E-state index in [0.29, 0.717) is 25.4 Å². The number of hydrogen-bond acceptors (Lipinski definition) is 5. The van der Waals surface area contributed by atoms with Crippen molar-refractivity contribution in [1.82, 2.24) is 5.32 Å². The van der Waals surface area contributed by atoms with E-state index in [1.165, 1.54) is 0 Å². The monoisotopic (exact) mass is 334 g/mol. The van der Waals surface area contributed by atoms with Gasteiger partial charge in [-0.2, -0.15) is 0 Å². The van der Waals surface area contributed by atoms with E-state index in [9.17, 15) is 9.59 Å². The second-order valence-electron chi connectivity index (χ2n) is 5.89. The van der Waals surface area contributed by atoms with E-state index < -0.39 is 0 Å². The summed E-state index contributed by atoms with van der Waals surface area (Å²) in [5.74, 6) is 0.473. The highest BCUT2D eigenvalue weighted by Gasteiger charge is 2.29. The molecular weight excluding hydrogens is 312 g/mol. The predicted molar refractivity (Wildman–Crippen MR) is 87.1 cm³/mol. The third kappa shape index (κ3) is 3.85. The molecule has 2 fully saturated rings. The van der Waals surface area contributed by atoms with Crippen molar-refractivity contribution in [2.24, 2.45) is 0 Å². The van der Waals surface area contributed by atoms with Gasteiger partial charge in [-0.3, -0.25) is 9.59 Å². The third-order valence-electron chi connectivity index (χ3n) is 4.22. The molecule has 24 heavy (non-hydrogen) atoms. The predicted octanol–water partition coefficient (Wildman–Crippen LogP) is 0.722. The Morgan fingerprint density at radius 1 is 1.42 bits per heavy atom. The highest BCUT2D eigenvalue weighted by Crippen LogP contribution is 2.23. The van der Waals surface area contributed by atoms with Gasteiger partial charge in [0.05, 0.1) is 19.8 Å². The van der Waals surface area contributed by atoms with Crippen LogP contribution in [0.15, 0.2) is 24.3 Å². The van der Waals surface area contributed by atoms with Gasteiger partial charge in [-0.25, -0.2) is 0 Å². The number of anilines is 1. The van der Waals surface area contributed by atoms with Crippen LogP contribution >= 0.6 is 0 Å². The molecule has 2 unspecified atom stereocenters. The van der Waals surface area contributed by atoms with Gasteiger partial charge in [-0.1, -0.05) is 6.07 Å². The summed E-state index contributed by atoms with van der Waals surface area (Å²) < 4.78 is 16.1. The van der Waals surface area contributed by atoms with E-state index in [1.807, 2.05) is 24.3 Å². The van der Waals surface area contributed by atoms with Crippen LogP contribution in [0.3, 0.4) is 0 Å². The van der Waals surface area contributed by atoms with Gasteiger partial charge in [0, 0.05) is 24.9 Å². The second kappa shape index (κ2) is 7.63. The summed E-state index contributed by atoms with van der Waals surface area (Å²) in [4.78, 5) is 25.8. The summed E-state index contributed by atoms with van der Waals surface area (Å²) in [5, 5.41) is 2.85. The number of ether oxygens (including phenoxy) is 3. The number of nitrogens with zero attached hydrogens (tertiary/aromatic N) is 1. The minimum Gasteiger partial charge on any atom is -0.497 e. The summed E-state index contributed by atoms with van der Waals surface area (Å²) in [6.45, 7) is 1.37. The van der Waals surface area contributed by atoms with Gasteiger partial charge in [-0.15, -0.1) is 0 Å². The number of benzene rings is 1. The van der Waals surface area contributed by atoms with Crippen molar-refractivity contribution in [3.63, 3.8) is 0 Å². The quantitative estimate of drug-likeness (QED) is 0.859. The fraction of sp³-hybridized carbons (Fsp3) is 0.529. The molecule has 130 valence electrons. The normalized spacial score (nSPS) is 24.0. The van der Waals surface area contributed by atoms with Gasteiger partial charge in [0.2, 0.25) is 5.91 Å². The Hall–Kier alpha value is -2.12. The first-order valence-electron chi connectivity index (χ1n) is 8.12. The summed E-state index contributed by atoms with van der Waals surface area (Å²) in [6.07, 6.45) is 1.06. The molecule has 2 aliphatic heterocycles. The smallest absolute Gasteiger partial charge is 0.253 e. The van der Waals surface area contributed by atoms with Crippen molar-refractivity contribution < 1.29 is 23.8 Å². The van der Waals surface area contributed by atoms with Gasteiger partial charge < -0.3 is 24.4 Å². The molecule has 2 atom stereocenters. The lowest BCUT2D eigenvalue weighted by Crippen LogP contribution is -2.51. The lowest BCUT2D eigenvalue weighted by molar-refractivity contribution is -0.132. The van der Waals surface area contributed by atoms with Crippen LogP contribution < -0.4 is 15.0 Å². The Balaban J connectivity index is 1.58. The first kappa shape index (κ1) is 16.7. The molecule has 2 saturated heterocycles. The second-order valence-corrected chi connectivity index (χ2v) is 5.89. The SMILES string of the molecule is COc1cccc(N2CC(CNC(=O)C3CCCO3)OCC2=O)c1. The van der Waals surface area contributed by atoms with E-state index in [2.05, 4.69) is 5.32 Å². The molecule has 2 heterocycles. The first-order chi connectivity index (χ1) is 11.7. The molecule has 7 nitrogen and oxygen atoms in total.